The summed E-state index contributed by atoms with van der Waals surface area (Å²) in [4.78, 5) is 32.1. The van der Waals surface area contributed by atoms with E-state index in [2.05, 4.69) is 4.98 Å². The Morgan fingerprint density at radius 1 is 1.23 bits per heavy atom. The van der Waals surface area contributed by atoms with E-state index in [1.54, 1.807) is 31.1 Å². The van der Waals surface area contributed by atoms with Gasteiger partial charge in [0, 0.05) is 50.6 Å². The van der Waals surface area contributed by atoms with Crippen LogP contribution in [-0.4, -0.2) is 63.1 Å². The fourth-order valence-corrected chi connectivity index (χ4v) is 4.23. The van der Waals surface area contributed by atoms with Gasteiger partial charge in [-0.1, -0.05) is 0 Å². The number of aromatic nitrogens is 1. The van der Waals surface area contributed by atoms with Crippen LogP contribution in [0, 0.1) is 0 Å². The first-order valence-corrected chi connectivity index (χ1v) is 11.8. The van der Waals surface area contributed by atoms with Crippen molar-refractivity contribution in [1.82, 2.24) is 9.88 Å². The molecule has 0 N–H and O–H groups in total. The van der Waals surface area contributed by atoms with Crippen LogP contribution >= 0.6 is 0 Å². The summed E-state index contributed by atoms with van der Waals surface area (Å²) >= 11 is 0. The van der Waals surface area contributed by atoms with Crippen molar-refractivity contribution in [3.05, 3.63) is 36.0 Å². The second-order valence-electron chi connectivity index (χ2n) is 7.94. The second kappa shape index (κ2) is 8.66. The van der Waals surface area contributed by atoms with E-state index in [0.29, 0.717) is 23.4 Å². The third-order valence-corrected chi connectivity index (χ3v) is 6.46. The molecule has 0 fully saturated rings. The summed E-state index contributed by atoms with van der Waals surface area (Å²) in [6, 6.07) is 6.82. The molecule has 2 aromatic rings. The van der Waals surface area contributed by atoms with Gasteiger partial charge >= 0.3 is 0 Å². The molecule has 2 heterocycles. The van der Waals surface area contributed by atoms with Crippen LogP contribution < -0.4 is 9.64 Å². The normalized spacial score (nSPS) is 15.9. The molecule has 1 aliphatic rings. The summed E-state index contributed by atoms with van der Waals surface area (Å²) in [5.74, 6) is 0.231. The van der Waals surface area contributed by atoms with Gasteiger partial charge in [0.15, 0.2) is 16.4 Å². The van der Waals surface area contributed by atoms with E-state index in [-0.39, 0.29) is 29.4 Å². The van der Waals surface area contributed by atoms with Crippen LogP contribution in [0.2, 0.25) is 0 Å². The number of pyridine rings is 1. The predicted molar refractivity (Wildman–Crippen MR) is 118 cm³/mol. The van der Waals surface area contributed by atoms with Gasteiger partial charge < -0.3 is 14.5 Å². The number of likely N-dealkylation sites (N-methyl/N-ethyl adjacent to an activating group) is 1. The van der Waals surface area contributed by atoms with Crippen LogP contribution in [0.1, 0.15) is 25.8 Å². The highest BCUT2D eigenvalue weighted by Gasteiger charge is 2.30. The molecular weight excluding hydrogens is 418 g/mol. The van der Waals surface area contributed by atoms with Crippen molar-refractivity contribution >= 4 is 27.3 Å². The Balaban J connectivity index is 2.12. The summed E-state index contributed by atoms with van der Waals surface area (Å²) < 4.78 is 29.5. The first-order valence-electron chi connectivity index (χ1n) is 9.95. The molecule has 3 rings (SSSR count). The van der Waals surface area contributed by atoms with E-state index in [0.717, 1.165) is 23.9 Å². The molecule has 8 nitrogen and oxygen atoms in total. The maximum Gasteiger partial charge on any atom is 0.259 e. The quantitative estimate of drug-likeness (QED) is 0.701. The number of amides is 2. The van der Waals surface area contributed by atoms with E-state index in [9.17, 15) is 18.0 Å². The number of rotatable bonds is 5. The molecule has 0 saturated heterocycles. The third-order valence-electron chi connectivity index (χ3n) is 5.37. The van der Waals surface area contributed by atoms with Gasteiger partial charge in [-0.3, -0.25) is 14.6 Å². The molecule has 1 aromatic carbocycles. The molecule has 1 aromatic heterocycles. The molecule has 9 heteroatoms. The number of hydrogen-bond acceptors (Lipinski definition) is 6. The molecule has 0 saturated carbocycles. The van der Waals surface area contributed by atoms with Crippen LogP contribution in [0.4, 0.5) is 5.69 Å². The van der Waals surface area contributed by atoms with Gasteiger partial charge in [0.2, 0.25) is 5.91 Å². The summed E-state index contributed by atoms with van der Waals surface area (Å²) in [7, 11) is -0.0673. The van der Waals surface area contributed by atoms with Crippen molar-refractivity contribution in [2.45, 2.75) is 37.6 Å². The monoisotopic (exact) mass is 445 g/mol. The Kier molecular flexibility index (Phi) is 6.35. The minimum absolute atomic E-state index is 0.0549. The Morgan fingerprint density at radius 2 is 1.94 bits per heavy atom. The number of hydrogen-bond donors (Lipinski definition) is 0. The van der Waals surface area contributed by atoms with E-state index < -0.39 is 9.84 Å². The lowest BCUT2D eigenvalue weighted by Crippen LogP contribution is -2.41. The lowest BCUT2D eigenvalue weighted by Gasteiger charge is -2.36. The molecule has 1 atom stereocenters. The van der Waals surface area contributed by atoms with Crippen molar-refractivity contribution in [2.75, 3.05) is 31.9 Å². The smallest absolute Gasteiger partial charge is 0.259 e. The number of carbonyl (C=O) groups excluding carboxylic acids is 2. The Bertz CT molecular complexity index is 1110. The van der Waals surface area contributed by atoms with E-state index in [4.69, 9.17) is 4.74 Å². The van der Waals surface area contributed by atoms with Crippen molar-refractivity contribution in [3.8, 4) is 17.0 Å². The van der Waals surface area contributed by atoms with Crippen LogP contribution in [0.15, 0.2) is 35.4 Å². The standard InChI is InChI=1S/C22H27N3O5S/c1-14-6-8-18-20(25(14)15(2)26)11-9-17(22(18)30-13-21(27)24(3)4)19-10-7-16(12-23-19)31(5,28)29/h7,9-12,14H,6,8,13H2,1-5H3/t14-/m0/s1. The molecule has 166 valence electrons. The van der Waals surface area contributed by atoms with Crippen LogP contribution in [-0.2, 0) is 25.8 Å². The lowest BCUT2D eigenvalue weighted by atomic mass is 9.92. The van der Waals surface area contributed by atoms with Crippen molar-refractivity contribution < 1.29 is 22.7 Å². The first-order chi connectivity index (χ1) is 14.5. The Labute approximate surface area is 182 Å². The minimum Gasteiger partial charge on any atom is -0.483 e. The summed E-state index contributed by atoms with van der Waals surface area (Å²) in [5.41, 5.74) is 2.76. The van der Waals surface area contributed by atoms with Crippen molar-refractivity contribution in [1.29, 1.82) is 0 Å². The number of benzene rings is 1. The van der Waals surface area contributed by atoms with Gasteiger partial charge in [-0.25, -0.2) is 8.42 Å². The van der Waals surface area contributed by atoms with Crippen LogP contribution in [0.5, 0.6) is 5.75 Å². The zero-order valence-electron chi connectivity index (χ0n) is 18.4. The van der Waals surface area contributed by atoms with Gasteiger partial charge in [-0.15, -0.1) is 0 Å². The molecule has 31 heavy (non-hydrogen) atoms. The summed E-state index contributed by atoms with van der Waals surface area (Å²) in [6.07, 6.45) is 3.87. The Hall–Kier alpha value is -2.94. The SMILES string of the molecule is CC(=O)N1c2ccc(-c3ccc(S(C)(=O)=O)cn3)c(OCC(=O)N(C)C)c2CC[C@@H]1C. The first kappa shape index (κ1) is 22.7. The average molecular weight is 446 g/mol. The zero-order valence-corrected chi connectivity index (χ0v) is 19.2. The van der Waals surface area contributed by atoms with Gasteiger partial charge in [0.1, 0.15) is 5.75 Å². The molecule has 2 amide bonds. The number of sulfone groups is 1. The minimum atomic E-state index is -3.37. The highest BCUT2D eigenvalue weighted by atomic mass is 32.2. The zero-order chi connectivity index (χ0) is 22.9. The predicted octanol–water partition coefficient (Wildman–Crippen LogP) is 2.31. The number of ether oxygens (including phenoxy) is 1. The maximum absolute atomic E-state index is 12.3. The highest BCUT2D eigenvalue weighted by Crippen LogP contribution is 2.42. The molecular formula is C22H27N3O5S. The summed E-state index contributed by atoms with van der Waals surface area (Å²) in [5, 5.41) is 0. The molecule has 0 spiro atoms. The topological polar surface area (TPSA) is 96.9 Å². The fourth-order valence-electron chi connectivity index (χ4n) is 3.67. The average Bonchev–Trinajstić information content (AvgIpc) is 2.70. The molecule has 0 bridgehead atoms. The second-order valence-corrected chi connectivity index (χ2v) is 9.96. The molecule has 0 radical (unpaired) electrons. The lowest BCUT2D eigenvalue weighted by molar-refractivity contribution is -0.130. The van der Waals surface area contributed by atoms with Crippen LogP contribution in [0.3, 0.4) is 0 Å². The number of fused-ring (bicyclic) bond motifs is 1. The van der Waals surface area contributed by atoms with Gasteiger partial charge in [0.05, 0.1) is 16.3 Å². The number of anilines is 1. The largest absolute Gasteiger partial charge is 0.483 e. The third kappa shape index (κ3) is 4.71. The summed E-state index contributed by atoms with van der Waals surface area (Å²) in [6.45, 7) is 3.37. The number of nitrogens with zero attached hydrogens (tertiary/aromatic N) is 3. The van der Waals surface area contributed by atoms with Gasteiger partial charge in [0.25, 0.3) is 5.91 Å². The van der Waals surface area contributed by atoms with Crippen molar-refractivity contribution in [3.63, 3.8) is 0 Å². The van der Waals surface area contributed by atoms with Crippen molar-refractivity contribution in [2.24, 2.45) is 0 Å². The maximum atomic E-state index is 12.3. The molecule has 0 unspecified atom stereocenters. The van der Waals surface area contributed by atoms with Gasteiger partial charge in [-0.05, 0) is 44.0 Å². The number of carbonyl (C=O) groups is 2. The van der Waals surface area contributed by atoms with E-state index in [1.807, 2.05) is 13.0 Å². The van der Waals surface area contributed by atoms with E-state index >= 15 is 0 Å². The molecule has 1 aliphatic heterocycles. The molecule has 0 aliphatic carbocycles. The van der Waals surface area contributed by atoms with Crippen LogP contribution in [0.25, 0.3) is 11.3 Å². The van der Waals surface area contributed by atoms with E-state index in [1.165, 1.54) is 24.1 Å². The van der Waals surface area contributed by atoms with Gasteiger partial charge in [-0.2, -0.15) is 0 Å². The highest BCUT2D eigenvalue weighted by molar-refractivity contribution is 7.90. The fraction of sp³-hybridized carbons (Fsp3) is 0.409. The Morgan fingerprint density at radius 3 is 2.48 bits per heavy atom.